The van der Waals surface area contributed by atoms with Gasteiger partial charge in [0.1, 0.15) is 0 Å². The molecule has 46 heavy (non-hydrogen) atoms. The van der Waals surface area contributed by atoms with Crippen LogP contribution in [0.1, 0.15) is 27.8 Å². The van der Waals surface area contributed by atoms with E-state index in [1.807, 2.05) is 11.3 Å². The van der Waals surface area contributed by atoms with E-state index in [1.54, 1.807) is 0 Å². The molecule has 1 aliphatic carbocycles. The molecule has 0 amide bonds. The molecule has 0 spiro atoms. The van der Waals surface area contributed by atoms with Crippen LogP contribution in [0.3, 0.4) is 0 Å². The summed E-state index contributed by atoms with van der Waals surface area (Å²) < 4.78 is 2.68. The maximum Gasteiger partial charge on any atom is 0.0714 e. The first-order valence-electron chi connectivity index (χ1n) is 15.9. The van der Waals surface area contributed by atoms with Crippen molar-refractivity contribution in [2.24, 2.45) is 0 Å². The molecule has 0 radical (unpaired) electrons. The summed E-state index contributed by atoms with van der Waals surface area (Å²) >= 11 is 1.92. The highest BCUT2D eigenvalue weighted by Gasteiger charge is 2.47. The van der Waals surface area contributed by atoms with Gasteiger partial charge in [-0.2, -0.15) is 0 Å². The van der Waals surface area contributed by atoms with Crippen LogP contribution >= 0.6 is 11.3 Å². The first-order chi connectivity index (χ1) is 22.7. The molecule has 1 nitrogen and oxygen atoms in total. The second kappa shape index (κ2) is 10.6. The average molecular weight is 606 g/mol. The summed E-state index contributed by atoms with van der Waals surface area (Å²) in [6.07, 6.45) is 0. The number of para-hydroxylation sites is 1. The van der Waals surface area contributed by atoms with E-state index in [0.717, 1.165) is 17.1 Å². The predicted molar refractivity (Wildman–Crippen MR) is 196 cm³/mol. The van der Waals surface area contributed by atoms with Gasteiger partial charge in [0.15, 0.2) is 0 Å². The van der Waals surface area contributed by atoms with Crippen LogP contribution in [0.15, 0.2) is 170 Å². The third-order valence-corrected chi connectivity index (χ3v) is 10.8. The van der Waals surface area contributed by atoms with E-state index in [2.05, 4.69) is 182 Å². The van der Waals surface area contributed by atoms with Crippen LogP contribution < -0.4 is 4.90 Å². The van der Waals surface area contributed by atoms with Gasteiger partial charge in [0.05, 0.1) is 5.41 Å². The van der Waals surface area contributed by atoms with E-state index < -0.39 is 5.41 Å². The van der Waals surface area contributed by atoms with Gasteiger partial charge in [0, 0.05) is 42.8 Å². The normalized spacial score (nSPS) is 13.1. The lowest BCUT2D eigenvalue weighted by molar-refractivity contribution is 0.769. The number of nitrogens with zero attached hydrogens (tertiary/aromatic N) is 1. The number of hydrogen-bond acceptors (Lipinski definition) is 2. The average Bonchev–Trinajstić information content (AvgIpc) is 3.63. The fourth-order valence-electron chi connectivity index (χ4n) is 7.68. The Morgan fingerprint density at radius 1 is 0.478 bits per heavy atom. The molecule has 0 bridgehead atoms. The first kappa shape index (κ1) is 26.9. The molecule has 0 aliphatic heterocycles. The number of fused-ring (bicyclic) bond motifs is 7. The van der Waals surface area contributed by atoms with Crippen molar-refractivity contribution in [1.29, 1.82) is 0 Å². The Morgan fingerprint density at radius 3 is 1.80 bits per heavy atom. The molecule has 1 aromatic heterocycles. The minimum atomic E-state index is -0.447. The minimum Gasteiger partial charge on any atom is -0.310 e. The van der Waals surface area contributed by atoms with Crippen LogP contribution in [0.2, 0.25) is 0 Å². The Morgan fingerprint density at radius 2 is 1.09 bits per heavy atom. The minimum absolute atomic E-state index is 0.447. The smallest absolute Gasteiger partial charge is 0.0714 e. The topological polar surface area (TPSA) is 3.24 Å². The molecule has 1 aliphatic rings. The monoisotopic (exact) mass is 605 g/mol. The van der Waals surface area contributed by atoms with E-state index in [-0.39, 0.29) is 0 Å². The van der Waals surface area contributed by atoms with Crippen molar-refractivity contribution in [2.45, 2.75) is 12.3 Å². The SMILES string of the molecule is Cc1cccc(N(c2ccccc2)c2ccc3c(c2)-c2c(ccc4c2sc2ccccc24)C3(c2ccccc2)c2ccccc2)c1. The number of benzene rings is 7. The zero-order valence-corrected chi connectivity index (χ0v) is 26.3. The third kappa shape index (κ3) is 3.94. The number of anilines is 3. The summed E-state index contributed by atoms with van der Waals surface area (Å²) in [4.78, 5) is 2.39. The second-order valence-electron chi connectivity index (χ2n) is 12.2. The van der Waals surface area contributed by atoms with Crippen molar-refractivity contribution in [3.8, 4) is 11.1 Å². The number of aryl methyl sites for hydroxylation is 1. The van der Waals surface area contributed by atoms with E-state index in [0.29, 0.717) is 0 Å². The van der Waals surface area contributed by atoms with Gasteiger partial charge in [-0.25, -0.2) is 0 Å². The molecule has 0 fully saturated rings. The van der Waals surface area contributed by atoms with Crippen LogP contribution in [0.25, 0.3) is 31.3 Å². The summed E-state index contributed by atoms with van der Waals surface area (Å²) in [5, 5.41) is 2.65. The van der Waals surface area contributed by atoms with Gasteiger partial charge in [-0.3, -0.25) is 0 Å². The molecule has 0 atom stereocenters. The van der Waals surface area contributed by atoms with Crippen LogP contribution in [0.4, 0.5) is 17.1 Å². The molecule has 2 heteroatoms. The summed E-state index contributed by atoms with van der Waals surface area (Å²) in [6, 6.07) is 62.5. The highest BCUT2D eigenvalue weighted by atomic mass is 32.1. The van der Waals surface area contributed by atoms with E-state index in [4.69, 9.17) is 0 Å². The van der Waals surface area contributed by atoms with Gasteiger partial charge in [0.25, 0.3) is 0 Å². The molecular formula is C44H31NS. The molecule has 7 aromatic carbocycles. The lowest BCUT2D eigenvalue weighted by Gasteiger charge is -2.34. The van der Waals surface area contributed by atoms with Crippen molar-refractivity contribution in [3.63, 3.8) is 0 Å². The molecule has 218 valence electrons. The number of thiophene rings is 1. The summed E-state index contributed by atoms with van der Waals surface area (Å²) in [7, 11) is 0. The lowest BCUT2D eigenvalue weighted by Crippen LogP contribution is -2.28. The van der Waals surface area contributed by atoms with Crippen molar-refractivity contribution >= 4 is 48.6 Å². The third-order valence-electron chi connectivity index (χ3n) is 9.57. The lowest BCUT2D eigenvalue weighted by atomic mass is 9.67. The van der Waals surface area contributed by atoms with Crippen LogP contribution in [0.5, 0.6) is 0 Å². The maximum absolute atomic E-state index is 2.45. The molecule has 8 aromatic rings. The quantitative estimate of drug-likeness (QED) is 0.189. The van der Waals surface area contributed by atoms with Crippen molar-refractivity contribution in [2.75, 3.05) is 4.90 Å². The Labute approximate surface area is 273 Å². The van der Waals surface area contributed by atoms with E-state index in [1.165, 1.54) is 59.1 Å². The number of rotatable bonds is 5. The molecule has 0 unspecified atom stereocenters. The Kier molecular flexibility index (Phi) is 6.19. The first-order valence-corrected chi connectivity index (χ1v) is 16.7. The molecule has 0 N–H and O–H groups in total. The second-order valence-corrected chi connectivity index (χ2v) is 13.2. The Balaban J connectivity index is 1.41. The molecular weight excluding hydrogens is 575 g/mol. The highest BCUT2D eigenvalue weighted by molar-refractivity contribution is 7.26. The largest absolute Gasteiger partial charge is 0.310 e. The van der Waals surface area contributed by atoms with E-state index >= 15 is 0 Å². The maximum atomic E-state index is 2.45. The summed E-state index contributed by atoms with van der Waals surface area (Å²) in [6.45, 7) is 2.16. The summed E-state index contributed by atoms with van der Waals surface area (Å²) in [5.74, 6) is 0. The van der Waals surface area contributed by atoms with Gasteiger partial charge in [-0.05, 0) is 82.8 Å². The summed E-state index contributed by atoms with van der Waals surface area (Å²) in [5.41, 5.74) is 12.1. The fourth-order valence-corrected chi connectivity index (χ4v) is 8.94. The molecule has 0 saturated carbocycles. The van der Waals surface area contributed by atoms with Crippen LogP contribution in [-0.2, 0) is 5.41 Å². The Hall–Kier alpha value is -5.44. The van der Waals surface area contributed by atoms with Crippen LogP contribution in [-0.4, -0.2) is 0 Å². The Bertz CT molecular complexity index is 2330. The van der Waals surface area contributed by atoms with Crippen LogP contribution in [0, 0.1) is 6.92 Å². The number of hydrogen-bond donors (Lipinski definition) is 0. The highest BCUT2D eigenvalue weighted by Crippen LogP contribution is 2.60. The van der Waals surface area contributed by atoms with Gasteiger partial charge in [-0.15, -0.1) is 11.3 Å². The van der Waals surface area contributed by atoms with Crippen molar-refractivity contribution < 1.29 is 0 Å². The van der Waals surface area contributed by atoms with Gasteiger partial charge in [-0.1, -0.05) is 127 Å². The molecule has 0 saturated heterocycles. The van der Waals surface area contributed by atoms with Crippen molar-refractivity contribution in [3.05, 3.63) is 198 Å². The molecule has 1 heterocycles. The zero-order valence-electron chi connectivity index (χ0n) is 25.5. The fraction of sp³-hybridized carbons (Fsp3) is 0.0455. The molecule has 9 rings (SSSR count). The van der Waals surface area contributed by atoms with E-state index in [9.17, 15) is 0 Å². The van der Waals surface area contributed by atoms with Gasteiger partial charge >= 0.3 is 0 Å². The van der Waals surface area contributed by atoms with Gasteiger partial charge in [0.2, 0.25) is 0 Å². The predicted octanol–water partition coefficient (Wildman–Crippen LogP) is 12.2. The van der Waals surface area contributed by atoms with Gasteiger partial charge < -0.3 is 4.90 Å². The standard InChI is InChI=1S/C44H31NS/c1-30-14-13-21-34(28-30)45(33-19-9-4-10-20-33)35-24-26-39-38(29-35)42-40(27-25-37-36-22-11-12-23-41(36)46-43(37)42)44(39,31-15-5-2-6-16-31)32-17-7-3-8-18-32/h2-29H,1H3. The zero-order chi connectivity index (χ0) is 30.7. The van der Waals surface area contributed by atoms with Crippen molar-refractivity contribution in [1.82, 2.24) is 0 Å².